The first-order chi connectivity index (χ1) is 7.47. The number of hydrogen-bond acceptors (Lipinski definition) is 3. The molecule has 94 valence electrons. The molecule has 0 atom stereocenters. The second-order valence-corrected chi connectivity index (χ2v) is 5.78. The number of amidine groups is 1. The van der Waals surface area contributed by atoms with Gasteiger partial charge in [0.2, 0.25) is 0 Å². The van der Waals surface area contributed by atoms with E-state index in [4.69, 9.17) is 11.1 Å². The predicted molar refractivity (Wildman–Crippen MR) is 63.4 cm³/mol. The van der Waals surface area contributed by atoms with Crippen molar-refractivity contribution in [2.75, 3.05) is 19.6 Å². The van der Waals surface area contributed by atoms with Gasteiger partial charge in [-0.05, 0) is 19.3 Å². The Labute approximate surface area is 96.9 Å². The van der Waals surface area contributed by atoms with Crippen molar-refractivity contribution in [1.29, 1.82) is 5.41 Å². The van der Waals surface area contributed by atoms with E-state index in [2.05, 4.69) is 4.72 Å². The third kappa shape index (κ3) is 3.43. The molecule has 1 aliphatic heterocycles. The van der Waals surface area contributed by atoms with E-state index in [0.29, 0.717) is 32.5 Å². The van der Waals surface area contributed by atoms with Crippen molar-refractivity contribution in [1.82, 2.24) is 9.03 Å². The van der Waals surface area contributed by atoms with Gasteiger partial charge < -0.3 is 5.73 Å². The van der Waals surface area contributed by atoms with Crippen LogP contribution in [-0.2, 0) is 10.2 Å². The molecule has 0 amide bonds. The molecule has 0 aromatic heterocycles. The number of nitrogens with two attached hydrogens (primary N) is 1. The molecular weight excluding hydrogens is 228 g/mol. The maximum atomic E-state index is 11.8. The van der Waals surface area contributed by atoms with Crippen molar-refractivity contribution in [3.8, 4) is 0 Å². The Morgan fingerprint density at radius 1 is 1.50 bits per heavy atom. The first-order valence-corrected chi connectivity index (χ1v) is 7.00. The van der Waals surface area contributed by atoms with Crippen molar-refractivity contribution in [3.63, 3.8) is 0 Å². The van der Waals surface area contributed by atoms with Gasteiger partial charge in [0.15, 0.2) is 0 Å². The van der Waals surface area contributed by atoms with Gasteiger partial charge in [-0.3, -0.25) is 5.41 Å². The highest BCUT2D eigenvalue weighted by molar-refractivity contribution is 7.87. The van der Waals surface area contributed by atoms with Crippen molar-refractivity contribution < 1.29 is 8.42 Å². The zero-order valence-corrected chi connectivity index (χ0v) is 10.4. The molecule has 0 spiro atoms. The minimum atomic E-state index is -3.32. The van der Waals surface area contributed by atoms with Gasteiger partial charge in [0.1, 0.15) is 0 Å². The van der Waals surface area contributed by atoms with E-state index in [1.165, 1.54) is 4.31 Å². The molecule has 0 radical (unpaired) electrons. The highest BCUT2D eigenvalue weighted by Crippen LogP contribution is 2.18. The van der Waals surface area contributed by atoms with Crippen LogP contribution in [0.5, 0.6) is 0 Å². The standard InChI is InChI=1S/C9H20N4O2S/c1-2-5-12-16(14,15)13-6-3-8(4-7-13)9(10)11/h8,12H,2-7H2,1H3,(H3,10,11). The third-order valence-electron chi connectivity index (χ3n) is 2.77. The maximum absolute atomic E-state index is 11.8. The molecule has 0 aromatic rings. The molecule has 1 heterocycles. The average molecular weight is 248 g/mol. The molecule has 6 nitrogen and oxygen atoms in total. The number of piperidine rings is 1. The van der Waals surface area contributed by atoms with Gasteiger partial charge >= 0.3 is 0 Å². The second-order valence-electron chi connectivity index (χ2n) is 4.03. The maximum Gasteiger partial charge on any atom is 0.279 e. The normalized spacial score (nSPS) is 19.8. The van der Waals surface area contributed by atoms with Crippen LogP contribution in [0.2, 0.25) is 0 Å². The van der Waals surface area contributed by atoms with Crippen LogP contribution in [0.1, 0.15) is 26.2 Å². The molecule has 0 bridgehead atoms. The van der Waals surface area contributed by atoms with Crippen molar-refractivity contribution >= 4 is 16.0 Å². The summed E-state index contributed by atoms with van der Waals surface area (Å²) in [5, 5.41) is 7.32. The van der Waals surface area contributed by atoms with Crippen LogP contribution in [0.4, 0.5) is 0 Å². The van der Waals surface area contributed by atoms with E-state index in [9.17, 15) is 8.42 Å². The van der Waals surface area contributed by atoms with Crippen LogP contribution in [-0.4, -0.2) is 38.2 Å². The molecule has 1 saturated heterocycles. The summed E-state index contributed by atoms with van der Waals surface area (Å²) in [5.74, 6) is 0.205. The topological polar surface area (TPSA) is 99.3 Å². The Balaban J connectivity index is 2.50. The predicted octanol–water partition coefficient (Wildman–Crippen LogP) is -0.121. The van der Waals surface area contributed by atoms with E-state index in [-0.39, 0.29) is 11.8 Å². The van der Waals surface area contributed by atoms with E-state index >= 15 is 0 Å². The number of nitrogens with zero attached hydrogens (tertiary/aromatic N) is 1. The summed E-state index contributed by atoms with van der Waals surface area (Å²) < 4.78 is 27.5. The van der Waals surface area contributed by atoms with Gasteiger partial charge in [0.25, 0.3) is 10.2 Å². The Kier molecular flexibility index (Phi) is 4.69. The van der Waals surface area contributed by atoms with E-state index in [1.54, 1.807) is 0 Å². The number of hydrogen-bond donors (Lipinski definition) is 3. The first-order valence-electron chi connectivity index (χ1n) is 5.56. The summed E-state index contributed by atoms with van der Waals surface area (Å²) in [7, 11) is -3.32. The zero-order chi connectivity index (χ0) is 12.2. The van der Waals surface area contributed by atoms with Crippen molar-refractivity contribution in [2.24, 2.45) is 11.7 Å². The van der Waals surface area contributed by atoms with Gasteiger partial charge in [-0.2, -0.15) is 12.7 Å². The summed E-state index contributed by atoms with van der Waals surface area (Å²) in [6.07, 6.45) is 2.06. The summed E-state index contributed by atoms with van der Waals surface area (Å²) in [6.45, 7) is 3.28. The van der Waals surface area contributed by atoms with Crippen LogP contribution in [0.15, 0.2) is 0 Å². The lowest BCUT2D eigenvalue weighted by Crippen LogP contribution is -2.46. The number of rotatable bonds is 5. The van der Waals surface area contributed by atoms with E-state index in [0.717, 1.165) is 6.42 Å². The fraction of sp³-hybridized carbons (Fsp3) is 0.889. The Bertz CT molecular complexity index is 333. The summed E-state index contributed by atoms with van der Waals surface area (Å²) in [4.78, 5) is 0. The van der Waals surface area contributed by atoms with Crippen LogP contribution in [0.25, 0.3) is 0 Å². The molecule has 1 aliphatic rings. The summed E-state index contributed by atoms with van der Waals surface area (Å²) >= 11 is 0. The largest absolute Gasteiger partial charge is 0.387 e. The molecule has 16 heavy (non-hydrogen) atoms. The molecule has 0 aliphatic carbocycles. The molecule has 7 heteroatoms. The van der Waals surface area contributed by atoms with E-state index in [1.807, 2.05) is 6.92 Å². The van der Waals surface area contributed by atoms with Crippen LogP contribution in [0, 0.1) is 11.3 Å². The lowest BCUT2D eigenvalue weighted by atomic mass is 9.97. The highest BCUT2D eigenvalue weighted by atomic mass is 32.2. The zero-order valence-electron chi connectivity index (χ0n) is 9.57. The van der Waals surface area contributed by atoms with Crippen LogP contribution >= 0.6 is 0 Å². The van der Waals surface area contributed by atoms with Gasteiger partial charge in [0, 0.05) is 25.6 Å². The quantitative estimate of drug-likeness (QED) is 0.467. The fourth-order valence-electron chi connectivity index (χ4n) is 1.73. The van der Waals surface area contributed by atoms with Crippen molar-refractivity contribution in [3.05, 3.63) is 0 Å². The fourth-order valence-corrected chi connectivity index (χ4v) is 3.07. The van der Waals surface area contributed by atoms with Gasteiger partial charge in [-0.15, -0.1) is 0 Å². The lowest BCUT2D eigenvalue weighted by Gasteiger charge is -2.30. The first kappa shape index (κ1) is 13.4. The average Bonchev–Trinajstić information content (AvgIpc) is 2.26. The summed E-state index contributed by atoms with van der Waals surface area (Å²) in [6, 6.07) is 0. The summed E-state index contributed by atoms with van der Waals surface area (Å²) in [5.41, 5.74) is 5.40. The van der Waals surface area contributed by atoms with E-state index < -0.39 is 10.2 Å². The molecular formula is C9H20N4O2S. The molecule has 4 N–H and O–H groups in total. The molecule has 0 aromatic carbocycles. The van der Waals surface area contributed by atoms with Gasteiger partial charge in [-0.1, -0.05) is 6.92 Å². The Morgan fingerprint density at radius 3 is 2.50 bits per heavy atom. The molecule has 1 rings (SSSR count). The van der Waals surface area contributed by atoms with Crippen LogP contribution < -0.4 is 10.5 Å². The second kappa shape index (κ2) is 5.60. The Hall–Kier alpha value is -0.660. The van der Waals surface area contributed by atoms with Gasteiger partial charge in [-0.25, -0.2) is 4.72 Å². The smallest absolute Gasteiger partial charge is 0.279 e. The molecule has 1 fully saturated rings. The van der Waals surface area contributed by atoms with Gasteiger partial charge in [0.05, 0.1) is 5.84 Å². The number of nitrogens with one attached hydrogen (secondary N) is 2. The monoisotopic (exact) mass is 248 g/mol. The molecule has 0 saturated carbocycles. The lowest BCUT2D eigenvalue weighted by molar-refractivity contribution is 0.311. The SMILES string of the molecule is CCCNS(=O)(=O)N1CCC(C(=N)N)CC1. The highest BCUT2D eigenvalue weighted by Gasteiger charge is 2.28. The molecule has 0 unspecified atom stereocenters. The van der Waals surface area contributed by atoms with Crippen molar-refractivity contribution in [2.45, 2.75) is 26.2 Å². The minimum absolute atomic E-state index is 0.0395. The third-order valence-corrected chi connectivity index (χ3v) is 4.38. The Morgan fingerprint density at radius 2 is 2.06 bits per heavy atom. The van der Waals surface area contributed by atoms with Crippen LogP contribution in [0.3, 0.4) is 0 Å². The minimum Gasteiger partial charge on any atom is -0.387 e.